The Morgan fingerprint density at radius 1 is 0.950 bits per heavy atom. The van der Waals surface area contributed by atoms with Gasteiger partial charge in [-0.05, 0) is 48.0 Å². The van der Waals surface area contributed by atoms with Crippen molar-refractivity contribution in [2.45, 2.75) is 12.2 Å². The van der Waals surface area contributed by atoms with Gasteiger partial charge in [0.05, 0.1) is 42.0 Å². The van der Waals surface area contributed by atoms with Crippen molar-refractivity contribution in [2.75, 3.05) is 38.1 Å². The molecule has 1 heterocycles. The van der Waals surface area contributed by atoms with E-state index in [9.17, 15) is 27.9 Å². The number of hydrogen-bond donors (Lipinski definition) is 1. The largest absolute Gasteiger partial charge is 0.507 e. The zero-order chi connectivity index (χ0) is 29.5. The van der Waals surface area contributed by atoms with Crippen LogP contribution in [0, 0.1) is 0 Å². The van der Waals surface area contributed by atoms with Gasteiger partial charge in [-0.1, -0.05) is 35.3 Å². The van der Waals surface area contributed by atoms with E-state index in [2.05, 4.69) is 0 Å². The number of nitrogens with zero attached hydrogens (tertiary/aromatic N) is 2. The fraction of sp³-hybridized carbons (Fsp3) is 0.214. The lowest BCUT2D eigenvalue weighted by molar-refractivity contribution is -0.137. The molecule has 1 fully saturated rings. The molecular weight excluding hydrogens is 572 g/mol. The number of methoxy groups -OCH3 is 2. The summed E-state index contributed by atoms with van der Waals surface area (Å²) >= 11 is 12.7. The monoisotopic (exact) mass is 594 g/mol. The summed E-state index contributed by atoms with van der Waals surface area (Å²) in [6.45, 7) is 0. The van der Waals surface area contributed by atoms with Crippen molar-refractivity contribution in [1.29, 1.82) is 0 Å². The second-order valence-electron chi connectivity index (χ2n) is 8.99. The van der Waals surface area contributed by atoms with E-state index in [1.54, 1.807) is 24.3 Å². The highest BCUT2D eigenvalue weighted by atomic mass is 35.5. The molecule has 0 spiro atoms. The predicted molar refractivity (Wildman–Crippen MR) is 147 cm³/mol. The molecule has 40 heavy (non-hydrogen) atoms. The third-order valence-corrected chi connectivity index (χ3v) is 7.06. The number of aliphatic hydroxyl groups excluding tert-OH is 1. The smallest absolute Gasteiger partial charge is 0.416 e. The Morgan fingerprint density at radius 3 is 2.02 bits per heavy atom. The van der Waals surface area contributed by atoms with Gasteiger partial charge in [-0.25, -0.2) is 0 Å². The Hall–Kier alpha value is -3.89. The Morgan fingerprint density at radius 2 is 1.52 bits per heavy atom. The maximum Gasteiger partial charge on any atom is 0.416 e. The molecule has 3 aromatic rings. The van der Waals surface area contributed by atoms with Crippen molar-refractivity contribution in [1.82, 2.24) is 0 Å². The summed E-state index contributed by atoms with van der Waals surface area (Å²) in [7, 11) is 6.27. The number of anilines is 2. The number of carbonyl (C=O) groups is 2. The van der Waals surface area contributed by atoms with E-state index in [0.29, 0.717) is 5.56 Å². The predicted octanol–water partition coefficient (Wildman–Crippen LogP) is 6.72. The minimum atomic E-state index is -4.60. The number of hydrogen-bond acceptors (Lipinski definition) is 6. The highest BCUT2D eigenvalue weighted by Crippen LogP contribution is 2.48. The maximum absolute atomic E-state index is 13.5. The average molecular weight is 595 g/mol. The summed E-state index contributed by atoms with van der Waals surface area (Å²) < 4.78 is 50.2. The summed E-state index contributed by atoms with van der Waals surface area (Å²) in [6, 6.07) is 10.7. The van der Waals surface area contributed by atoms with E-state index >= 15 is 0 Å². The highest BCUT2D eigenvalue weighted by Gasteiger charge is 2.47. The number of halogens is 5. The van der Waals surface area contributed by atoms with Crippen LogP contribution in [0.4, 0.5) is 24.5 Å². The Bertz CT molecular complexity index is 1500. The van der Waals surface area contributed by atoms with Crippen LogP contribution in [0.15, 0.2) is 60.2 Å². The zero-order valence-corrected chi connectivity index (χ0v) is 23.1. The van der Waals surface area contributed by atoms with Gasteiger partial charge in [0.2, 0.25) is 0 Å². The lowest BCUT2D eigenvalue weighted by atomic mass is 9.94. The number of rotatable bonds is 6. The average Bonchev–Trinajstić information content (AvgIpc) is 3.18. The van der Waals surface area contributed by atoms with E-state index in [1.165, 1.54) is 20.3 Å². The van der Waals surface area contributed by atoms with E-state index in [0.717, 1.165) is 34.9 Å². The molecule has 1 saturated heterocycles. The van der Waals surface area contributed by atoms with Gasteiger partial charge in [0.1, 0.15) is 10.8 Å². The van der Waals surface area contributed by atoms with E-state index < -0.39 is 35.2 Å². The molecule has 1 N–H and O–H groups in total. The molecular formula is C28H23Cl2F3N2O5. The van der Waals surface area contributed by atoms with Crippen LogP contribution in [0.3, 0.4) is 0 Å². The van der Waals surface area contributed by atoms with Gasteiger partial charge in [-0.15, -0.1) is 0 Å². The maximum atomic E-state index is 13.5. The van der Waals surface area contributed by atoms with Crippen LogP contribution in [-0.4, -0.2) is 45.1 Å². The lowest BCUT2D eigenvalue weighted by Gasteiger charge is -2.26. The molecule has 0 aromatic heterocycles. The number of ketones is 1. The van der Waals surface area contributed by atoms with E-state index in [1.807, 2.05) is 19.0 Å². The first-order chi connectivity index (χ1) is 18.8. The summed E-state index contributed by atoms with van der Waals surface area (Å²) in [5.74, 6) is -2.75. The molecule has 0 radical (unpaired) electrons. The van der Waals surface area contributed by atoms with Gasteiger partial charge < -0.3 is 19.5 Å². The van der Waals surface area contributed by atoms with Gasteiger partial charge in [-0.3, -0.25) is 14.5 Å². The standard InChI is InChI=1S/C28H23Cl2F3N2O5/c1-34(2)16-9-5-14(6-10-16)22-20(23(36)18-13-19(29)26(40-4)21(30)25(18)39-3)24(37)27(38)35(22)17-11-7-15(8-12-17)28(31,32)33/h5-13,22,36H,1-4H3/b23-20+. The molecule has 0 bridgehead atoms. The second kappa shape index (κ2) is 10.9. The Kier molecular flexibility index (Phi) is 7.96. The van der Waals surface area contributed by atoms with Crippen molar-refractivity contribution in [3.05, 3.63) is 86.9 Å². The minimum Gasteiger partial charge on any atom is -0.507 e. The number of amides is 1. The van der Waals surface area contributed by atoms with Crippen LogP contribution in [-0.2, 0) is 15.8 Å². The summed E-state index contributed by atoms with van der Waals surface area (Å²) in [4.78, 5) is 29.7. The molecule has 0 aliphatic carbocycles. The highest BCUT2D eigenvalue weighted by molar-refractivity contribution is 6.52. The fourth-order valence-corrected chi connectivity index (χ4v) is 5.16. The molecule has 0 saturated carbocycles. The van der Waals surface area contributed by atoms with Crippen LogP contribution in [0.25, 0.3) is 5.76 Å². The van der Waals surface area contributed by atoms with Gasteiger partial charge in [0.25, 0.3) is 11.7 Å². The molecule has 3 aromatic carbocycles. The van der Waals surface area contributed by atoms with Gasteiger partial charge >= 0.3 is 6.18 Å². The van der Waals surface area contributed by atoms with Crippen molar-refractivity contribution in [3.8, 4) is 11.5 Å². The normalized spacial score (nSPS) is 16.8. The second-order valence-corrected chi connectivity index (χ2v) is 9.77. The first-order valence-corrected chi connectivity index (χ1v) is 12.4. The Balaban J connectivity index is 1.98. The summed E-state index contributed by atoms with van der Waals surface area (Å²) in [5, 5.41) is 11.4. The third kappa shape index (κ3) is 5.04. The topological polar surface area (TPSA) is 79.3 Å². The molecule has 7 nitrogen and oxygen atoms in total. The minimum absolute atomic E-state index is 0.00120. The summed E-state index contributed by atoms with van der Waals surface area (Å²) in [5.41, 5.74) is -0.0983. The molecule has 1 aliphatic heterocycles. The van der Waals surface area contributed by atoms with Crippen molar-refractivity contribution < 1.29 is 37.3 Å². The fourth-order valence-electron chi connectivity index (χ4n) is 4.47. The van der Waals surface area contributed by atoms with Crippen LogP contribution < -0.4 is 19.3 Å². The van der Waals surface area contributed by atoms with E-state index in [-0.39, 0.29) is 38.4 Å². The van der Waals surface area contributed by atoms with Gasteiger partial charge in [0, 0.05) is 25.5 Å². The van der Waals surface area contributed by atoms with Gasteiger partial charge in [-0.2, -0.15) is 13.2 Å². The quantitative estimate of drug-likeness (QED) is 0.194. The third-order valence-electron chi connectivity index (χ3n) is 6.44. The number of alkyl halides is 3. The van der Waals surface area contributed by atoms with Crippen molar-refractivity contribution in [2.24, 2.45) is 0 Å². The molecule has 1 atom stereocenters. The van der Waals surface area contributed by atoms with Crippen LogP contribution in [0.1, 0.15) is 22.7 Å². The molecule has 210 valence electrons. The van der Waals surface area contributed by atoms with Crippen molar-refractivity contribution in [3.63, 3.8) is 0 Å². The molecule has 1 unspecified atom stereocenters. The van der Waals surface area contributed by atoms with Crippen LogP contribution in [0.5, 0.6) is 11.5 Å². The van der Waals surface area contributed by atoms with E-state index in [4.69, 9.17) is 32.7 Å². The number of benzene rings is 3. The SMILES string of the molecule is COc1c(Cl)cc(/C(O)=C2\C(=O)C(=O)N(c3ccc(C(F)(F)F)cc3)C2c2ccc(N(C)C)cc2)c(OC)c1Cl. The van der Waals surface area contributed by atoms with Crippen molar-refractivity contribution >= 4 is 52.0 Å². The zero-order valence-electron chi connectivity index (χ0n) is 21.6. The first kappa shape index (κ1) is 29.1. The van der Waals surface area contributed by atoms with Gasteiger partial charge in [0.15, 0.2) is 11.5 Å². The number of aliphatic hydroxyl groups is 1. The lowest BCUT2D eigenvalue weighted by Crippen LogP contribution is -2.29. The Labute approximate surface area is 237 Å². The van der Waals surface area contributed by atoms with Crippen LogP contribution in [0.2, 0.25) is 10.0 Å². The number of Topliss-reactive ketones (excluding diaryl/α,β-unsaturated/α-hetero) is 1. The number of ether oxygens (including phenoxy) is 2. The van der Waals surface area contributed by atoms with Crippen LogP contribution >= 0.6 is 23.2 Å². The number of carbonyl (C=O) groups excluding carboxylic acids is 2. The molecule has 1 amide bonds. The molecule has 12 heteroatoms. The molecule has 4 rings (SSSR count). The molecule has 1 aliphatic rings. The first-order valence-electron chi connectivity index (χ1n) is 11.7. The summed E-state index contributed by atoms with van der Waals surface area (Å²) in [6.07, 6.45) is -4.60.